The summed E-state index contributed by atoms with van der Waals surface area (Å²) < 4.78 is 10.4. The average Bonchev–Trinajstić information content (AvgIpc) is 2.45. The number of rotatable bonds is 8. The topological polar surface area (TPSA) is 54.9 Å². The molecule has 0 aromatic heterocycles. The second kappa shape index (κ2) is 13.6. The molecule has 1 saturated carbocycles. The lowest BCUT2D eigenvalue weighted by atomic mass is 9.87. The molecule has 1 rings (SSSR count). The molecule has 1 aliphatic rings. The summed E-state index contributed by atoms with van der Waals surface area (Å²) in [5.41, 5.74) is 0. The fourth-order valence-corrected chi connectivity index (χ4v) is 2.38. The summed E-state index contributed by atoms with van der Waals surface area (Å²) >= 11 is 0. The van der Waals surface area contributed by atoms with E-state index in [9.17, 15) is 0 Å². The summed E-state index contributed by atoms with van der Waals surface area (Å²) in [6.45, 7) is 7.92. The summed E-state index contributed by atoms with van der Waals surface area (Å²) in [5.74, 6) is 1.80. The van der Waals surface area contributed by atoms with E-state index in [0.717, 1.165) is 18.4 Å². The van der Waals surface area contributed by atoms with E-state index in [1.807, 2.05) is 0 Å². The number of hydrogen-bond donors (Lipinski definition) is 2. The maximum absolute atomic E-state index is 5.42. The van der Waals surface area contributed by atoms with Gasteiger partial charge in [0.2, 0.25) is 0 Å². The molecule has 21 heavy (non-hydrogen) atoms. The highest BCUT2D eigenvalue weighted by Crippen LogP contribution is 2.23. The van der Waals surface area contributed by atoms with E-state index in [0.29, 0.717) is 32.4 Å². The number of halogens is 1. The molecule has 5 nitrogen and oxygen atoms in total. The van der Waals surface area contributed by atoms with Gasteiger partial charge in [0.25, 0.3) is 0 Å². The maximum Gasteiger partial charge on any atom is 0.191 e. The molecule has 2 N–H and O–H groups in total. The van der Waals surface area contributed by atoms with Crippen LogP contribution in [0, 0.1) is 5.92 Å². The molecule has 0 heterocycles. The zero-order valence-electron chi connectivity index (χ0n) is 13.7. The van der Waals surface area contributed by atoms with Gasteiger partial charge in [-0.05, 0) is 38.5 Å². The molecule has 1 aliphatic carbocycles. The quantitative estimate of drug-likeness (QED) is 0.278. The number of nitrogens with one attached hydrogen (secondary N) is 2. The molecule has 0 radical (unpaired) electrons. The van der Waals surface area contributed by atoms with E-state index in [2.05, 4.69) is 29.5 Å². The Bertz CT molecular complexity index is 270. The Hall–Kier alpha value is -0.0800. The smallest absolute Gasteiger partial charge is 0.191 e. The minimum atomic E-state index is 0. The molecule has 126 valence electrons. The predicted octanol–water partition coefficient (Wildman–Crippen LogP) is 2.40. The molecular weight excluding hydrogens is 381 g/mol. The van der Waals surface area contributed by atoms with Gasteiger partial charge in [0.05, 0.1) is 26.4 Å². The van der Waals surface area contributed by atoms with Crippen molar-refractivity contribution < 1.29 is 9.47 Å². The van der Waals surface area contributed by atoms with Crippen molar-refractivity contribution in [1.82, 2.24) is 10.6 Å². The van der Waals surface area contributed by atoms with Crippen molar-refractivity contribution in [3.8, 4) is 0 Å². The highest BCUT2D eigenvalue weighted by Gasteiger charge is 2.18. The van der Waals surface area contributed by atoms with E-state index >= 15 is 0 Å². The van der Waals surface area contributed by atoms with Crippen LogP contribution in [0.5, 0.6) is 0 Å². The lowest BCUT2D eigenvalue weighted by Gasteiger charge is -2.28. The number of hydrogen-bond acceptors (Lipinski definition) is 3. The molecule has 0 bridgehead atoms. The van der Waals surface area contributed by atoms with Crippen LogP contribution < -0.4 is 10.6 Å². The predicted molar refractivity (Wildman–Crippen MR) is 98.6 cm³/mol. The first-order valence-corrected chi connectivity index (χ1v) is 7.87. The second-order valence-corrected chi connectivity index (χ2v) is 5.47. The van der Waals surface area contributed by atoms with Crippen molar-refractivity contribution in [2.45, 2.75) is 45.6 Å². The van der Waals surface area contributed by atoms with Gasteiger partial charge in [0.15, 0.2) is 5.96 Å². The third kappa shape index (κ3) is 10.3. The van der Waals surface area contributed by atoms with Crippen molar-refractivity contribution in [1.29, 1.82) is 0 Å². The van der Waals surface area contributed by atoms with Crippen LogP contribution >= 0.6 is 24.0 Å². The van der Waals surface area contributed by atoms with Crippen molar-refractivity contribution in [2.24, 2.45) is 10.9 Å². The molecule has 0 amide bonds. The summed E-state index contributed by atoms with van der Waals surface area (Å²) in [5, 5.41) is 6.84. The van der Waals surface area contributed by atoms with Crippen LogP contribution in [0.25, 0.3) is 0 Å². The highest BCUT2D eigenvalue weighted by molar-refractivity contribution is 14.0. The van der Waals surface area contributed by atoms with Gasteiger partial charge in [-0.15, -0.1) is 24.0 Å². The van der Waals surface area contributed by atoms with Gasteiger partial charge in [-0.25, -0.2) is 0 Å². The first kappa shape index (κ1) is 20.9. The third-order valence-corrected chi connectivity index (χ3v) is 3.64. The Labute approximate surface area is 146 Å². The summed E-state index contributed by atoms with van der Waals surface area (Å²) in [6, 6.07) is 0.568. The zero-order chi connectivity index (χ0) is 14.6. The van der Waals surface area contributed by atoms with Gasteiger partial charge in [-0.3, -0.25) is 4.99 Å². The molecule has 0 aromatic rings. The van der Waals surface area contributed by atoms with Crippen LogP contribution in [0.4, 0.5) is 0 Å². The largest absolute Gasteiger partial charge is 0.382 e. The SMILES string of the molecule is CCNC(=NCCOCCOC)NC1CCC(C)CC1.I. The minimum Gasteiger partial charge on any atom is -0.382 e. The molecule has 0 aromatic carbocycles. The van der Waals surface area contributed by atoms with Gasteiger partial charge in [-0.1, -0.05) is 6.92 Å². The third-order valence-electron chi connectivity index (χ3n) is 3.64. The molecule has 0 saturated heterocycles. The van der Waals surface area contributed by atoms with Crippen LogP contribution in [0.3, 0.4) is 0 Å². The van der Waals surface area contributed by atoms with E-state index in [4.69, 9.17) is 9.47 Å². The van der Waals surface area contributed by atoms with Crippen molar-refractivity contribution in [3.05, 3.63) is 0 Å². The normalized spacial score (nSPS) is 22.5. The van der Waals surface area contributed by atoms with E-state index in [1.165, 1.54) is 25.7 Å². The molecule has 0 aliphatic heterocycles. The molecule has 0 spiro atoms. The van der Waals surface area contributed by atoms with E-state index in [-0.39, 0.29) is 24.0 Å². The fourth-order valence-electron chi connectivity index (χ4n) is 2.38. The Morgan fingerprint density at radius 2 is 1.86 bits per heavy atom. The zero-order valence-corrected chi connectivity index (χ0v) is 16.0. The number of ether oxygens (including phenoxy) is 2. The Kier molecular flexibility index (Phi) is 13.5. The van der Waals surface area contributed by atoms with Crippen LogP contribution in [0.2, 0.25) is 0 Å². The summed E-state index contributed by atoms with van der Waals surface area (Å²) in [7, 11) is 1.68. The van der Waals surface area contributed by atoms with Gasteiger partial charge in [0.1, 0.15) is 0 Å². The number of aliphatic imine (C=N–C) groups is 1. The Morgan fingerprint density at radius 1 is 1.14 bits per heavy atom. The highest BCUT2D eigenvalue weighted by atomic mass is 127. The average molecular weight is 413 g/mol. The molecule has 6 heteroatoms. The van der Waals surface area contributed by atoms with Crippen LogP contribution in [0.15, 0.2) is 4.99 Å². The summed E-state index contributed by atoms with van der Waals surface area (Å²) in [4.78, 5) is 4.55. The molecule has 0 unspecified atom stereocenters. The first-order chi connectivity index (χ1) is 9.76. The standard InChI is InChI=1S/C15H31N3O2.HI/c1-4-16-15(17-9-10-20-12-11-19-3)18-14-7-5-13(2)6-8-14;/h13-14H,4-12H2,1-3H3,(H2,16,17,18);1H. The number of methoxy groups -OCH3 is 1. The number of nitrogens with zero attached hydrogens (tertiary/aromatic N) is 1. The van der Waals surface area contributed by atoms with Crippen LogP contribution in [-0.4, -0.2) is 52.0 Å². The minimum absolute atomic E-state index is 0. The second-order valence-electron chi connectivity index (χ2n) is 5.47. The van der Waals surface area contributed by atoms with Gasteiger partial charge in [0, 0.05) is 19.7 Å². The van der Waals surface area contributed by atoms with Crippen LogP contribution in [0.1, 0.15) is 39.5 Å². The monoisotopic (exact) mass is 413 g/mol. The van der Waals surface area contributed by atoms with Gasteiger partial charge in [-0.2, -0.15) is 0 Å². The van der Waals surface area contributed by atoms with Gasteiger partial charge >= 0.3 is 0 Å². The van der Waals surface area contributed by atoms with E-state index in [1.54, 1.807) is 7.11 Å². The van der Waals surface area contributed by atoms with Crippen molar-refractivity contribution in [2.75, 3.05) is 40.0 Å². The van der Waals surface area contributed by atoms with E-state index < -0.39 is 0 Å². The Morgan fingerprint density at radius 3 is 2.48 bits per heavy atom. The molecule has 1 fully saturated rings. The number of guanidine groups is 1. The first-order valence-electron chi connectivity index (χ1n) is 7.87. The lowest BCUT2D eigenvalue weighted by molar-refractivity contribution is 0.0748. The fraction of sp³-hybridized carbons (Fsp3) is 0.933. The lowest BCUT2D eigenvalue weighted by Crippen LogP contribution is -2.44. The molecular formula is C15H32IN3O2. The van der Waals surface area contributed by atoms with Gasteiger partial charge < -0.3 is 20.1 Å². The van der Waals surface area contributed by atoms with Crippen molar-refractivity contribution in [3.63, 3.8) is 0 Å². The maximum atomic E-state index is 5.42. The summed E-state index contributed by atoms with van der Waals surface area (Å²) in [6.07, 6.45) is 5.13. The van der Waals surface area contributed by atoms with Crippen LogP contribution in [-0.2, 0) is 9.47 Å². The van der Waals surface area contributed by atoms with Crippen molar-refractivity contribution >= 4 is 29.9 Å². The Balaban J connectivity index is 0.00000400. The molecule has 0 atom stereocenters.